The second-order valence-corrected chi connectivity index (χ2v) is 9.66. The first-order chi connectivity index (χ1) is 22.3. The molecule has 0 saturated heterocycles. The Morgan fingerprint density at radius 2 is 1.24 bits per heavy atom. The molecule has 0 aromatic heterocycles. The number of allylic oxidation sites excluding steroid dienone is 1. The maximum atomic E-state index is 13.5. The van der Waals surface area contributed by atoms with E-state index in [2.05, 4.69) is 10.6 Å². The van der Waals surface area contributed by atoms with Crippen LogP contribution in [0.3, 0.4) is 0 Å². The van der Waals surface area contributed by atoms with E-state index < -0.39 is 11.8 Å². The molecule has 4 aromatic carbocycles. The summed E-state index contributed by atoms with van der Waals surface area (Å²) >= 11 is 0. The van der Waals surface area contributed by atoms with Crippen molar-refractivity contribution in [2.45, 2.75) is 0 Å². The van der Waals surface area contributed by atoms with Crippen molar-refractivity contribution in [3.63, 3.8) is 0 Å². The summed E-state index contributed by atoms with van der Waals surface area (Å²) in [5.41, 5.74) is 2.33. The molecule has 4 rings (SSSR count). The Bertz CT molecular complexity index is 1760. The highest BCUT2D eigenvalue weighted by Gasteiger charge is 2.17. The number of carbonyl (C=O) groups excluding carboxylic acids is 3. The lowest BCUT2D eigenvalue weighted by molar-refractivity contribution is -0.113. The summed E-state index contributed by atoms with van der Waals surface area (Å²) in [4.78, 5) is 39.4. The van der Waals surface area contributed by atoms with E-state index in [1.54, 1.807) is 91.0 Å². The highest BCUT2D eigenvalue weighted by Crippen LogP contribution is 2.35. The zero-order chi connectivity index (χ0) is 33.1. The highest BCUT2D eigenvalue weighted by molar-refractivity contribution is 6.11. The van der Waals surface area contributed by atoms with Crippen LogP contribution in [0, 0.1) is 0 Å². The normalized spacial score (nSPS) is 11.0. The lowest BCUT2D eigenvalue weighted by Gasteiger charge is -2.13. The molecule has 0 spiro atoms. The Morgan fingerprint density at radius 3 is 1.87 bits per heavy atom. The molecule has 236 valence electrons. The number of methoxy groups -OCH3 is 5. The molecule has 10 heteroatoms. The Hall–Kier alpha value is -6.03. The summed E-state index contributed by atoms with van der Waals surface area (Å²) in [6.45, 7) is 0. The molecule has 0 aliphatic rings. The third-order valence-corrected chi connectivity index (χ3v) is 6.85. The van der Waals surface area contributed by atoms with E-state index in [1.165, 1.54) is 47.7 Å². The predicted octanol–water partition coefficient (Wildman–Crippen LogP) is 6.04. The summed E-state index contributed by atoms with van der Waals surface area (Å²) in [7, 11) is 7.60. The maximum Gasteiger partial charge on any atom is 0.272 e. The Morgan fingerprint density at radius 1 is 0.609 bits per heavy atom. The summed E-state index contributed by atoms with van der Waals surface area (Å²) in [6, 6.07) is 23.4. The number of nitrogens with one attached hydrogen (secondary N) is 2. The number of anilines is 1. The number of benzene rings is 4. The topological polar surface area (TPSA) is 121 Å². The van der Waals surface area contributed by atoms with Gasteiger partial charge < -0.3 is 34.3 Å². The van der Waals surface area contributed by atoms with E-state index >= 15 is 0 Å². The molecule has 0 aliphatic heterocycles. The Balaban J connectivity index is 1.55. The molecular weight excluding hydrogens is 588 g/mol. The van der Waals surface area contributed by atoms with Crippen LogP contribution in [0.4, 0.5) is 5.69 Å². The fraction of sp³-hybridized carbons (Fsp3) is 0.139. The predicted molar refractivity (Wildman–Crippen MR) is 176 cm³/mol. The van der Waals surface area contributed by atoms with E-state index in [1.807, 2.05) is 0 Å². The van der Waals surface area contributed by atoms with Crippen LogP contribution >= 0.6 is 0 Å². The summed E-state index contributed by atoms with van der Waals surface area (Å²) in [5.74, 6) is 1.21. The summed E-state index contributed by atoms with van der Waals surface area (Å²) < 4.78 is 26.8. The van der Waals surface area contributed by atoms with Gasteiger partial charge in [0.15, 0.2) is 17.3 Å². The molecule has 2 amide bonds. The van der Waals surface area contributed by atoms with Crippen molar-refractivity contribution in [3.8, 4) is 28.7 Å². The van der Waals surface area contributed by atoms with Crippen molar-refractivity contribution in [2.24, 2.45) is 0 Å². The van der Waals surface area contributed by atoms with E-state index in [4.69, 9.17) is 23.7 Å². The monoisotopic (exact) mass is 622 g/mol. The minimum Gasteiger partial charge on any atom is -0.497 e. The zero-order valence-corrected chi connectivity index (χ0v) is 26.1. The minimum atomic E-state index is -0.582. The molecule has 0 bridgehead atoms. The van der Waals surface area contributed by atoms with E-state index in [-0.39, 0.29) is 11.5 Å². The van der Waals surface area contributed by atoms with Crippen molar-refractivity contribution in [1.82, 2.24) is 5.32 Å². The van der Waals surface area contributed by atoms with Crippen LogP contribution in [0.1, 0.15) is 31.8 Å². The molecule has 10 nitrogen and oxygen atoms in total. The fourth-order valence-corrected chi connectivity index (χ4v) is 4.40. The maximum absolute atomic E-state index is 13.5. The first-order valence-electron chi connectivity index (χ1n) is 14.0. The average molecular weight is 623 g/mol. The molecule has 2 N–H and O–H groups in total. The number of ether oxygens (including phenoxy) is 5. The Labute approximate surface area is 267 Å². The SMILES string of the molecule is COc1ccc(/C=C(\NC(=O)c2ccccc2)C(=O)Nc2ccc(C(=O)/C=C/c3cc(OC)c(OC)cc3OC)cc2)c(OC)c1. The molecule has 0 radical (unpaired) electrons. The van der Waals surface area contributed by atoms with Gasteiger partial charge in [-0.25, -0.2) is 0 Å². The summed E-state index contributed by atoms with van der Waals surface area (Å²) in [6.07, 6.45) is 4.55. The van der Waals surface area contributed by atoms with Gasteiger partial charge in [-0.3, -0.25) is 14.4 Å². The molecule has 0 unspecified atom stereocenters. The van der Waals surface area contributed by atoms with Crippen LogP contribution in [-0.2, 0) is 4.79 Å². The van der Waals surface area contributed by atoms with E-state index in [0.717, 1.165) is 0 Å². The third kappa shape index (κ3) is 8.11. The van der Waals surface area contributed by atoms with Crippen LogP contribution in [0.15, 0.2) is 96.7 Å². The lowest BCUT2D eigenvalue weighted by Crippen LogP contribution is -2.30. The van der Waals surface area contributed by atoms with E-state index in [9.17, 15) is 14.4 Å². The van der Waals surface area contributed by atoms with Gasteiger partial charge in [-0.1, -0.05) is 18.2 Å². The number of rotatable bonds is 13. The molecular formula is C36H34N2O8. The lowest BCUT2D eigenvalue weighted by atomic mass is 10.1. The largest absolute Gasteiger partial charge is 0.497 e. The van der Waals surface area contributed by atoms with Crippen molar-refractivity contribution >= 4 is 35.4 Å². The quantitative estimate of drug-likeness (QED) is 0.137. The molecule has 0 fully saturated rings. The number of amides is 2. The van der Waals surface area contributed by atoms with Gasteiger partial charge >= 0.3 is 0 Å². The van der Waals surface area contributed by atoms with Gasteiger partial charge in [0.25, 0.3) is 11.8 Å². The van der Waals surface area contributed by atoms with E-state index in [0.29, 0.717) is 56.7 Å². The van der Waals surface area contributed by atoms with Gasteiger partial charge in [0, 0.05) is 40.1 Å². The van der Waals surface area contributed by atoms with Gasteiger partial charge in [-0.15, -0.1) is 0 Å². The summed E-state index contributed by atoms with van der Waals surface area (Å²) in [5, 5.41) is 5.48. The standard InChI is InChI=1S/C36H34N2O8/c1-42-28-17-13-25(31(21-28)43-2)19-29(38-35(40)24-9-7-6-8-10-24)36(41)37-27-15-11-23(12-16-27)30(39)18-14-26-20-33(45-4)34(46-5)22-32(26)44-3/h6-22H,1-5H3,(H,37,41)(H,38,40)/b18-14+,29-19-. The molecule has 0 heterocycles. The number of hydrogen-bond donors (Lipinski definition) is 2. The third-order valence-electron chi connectivity index (χ3n) is 6.85. The molecule has 0 aliphatic carbocycles. The van der Waals surface area contributed by atoms with Crippen molar-refractivity contribution < 1.29 is 38.1 Å². The number of ketones is 1. The second kappa shape index (κ2) is 15.6. The van der Waals surface area contributed by atoms with Crippen molar-refractivity contribution in [2.75, 3.05) is 40.9 Å². The van der Waals surface area contributed by atoms with Crippen LogP contribution in [-0.4, -0.2) is 53.1 Å². The first-order valence-corrected chi connectivity index (χ1v) is 14.0. The van der Waals surface area contributed by atoms with Crippen LogP contribution in [0.25, 0.3) is 12.2 Å². The number of hydrogen-bond acceptors (Lipinski definition) is 8. The molecule has 0 atom stereocenters. The molecule has 4 aromatic rings. The van der Waals surface area contributed by atoms with Crippen LogP contribution < -0.4 is 34.3 Å². The number of carbonyl (C=O) groups is 3. The van der Waals surface area contributed by atoms with Crippen LogP contribution in [0.5, 0.6) is 28.7 Å². The van der Waals surface area contributed by atoms with Gasteiger partial charge in [-0.2, -0.15) is 0 Å². The smallest absolute Gasteiger partial charge is 0.272 e. The van der Waals surface area contributed by atoms with Gasteiger partial charge in [-0.05, 0) is 72.8 Å². The fourth-order valence-electron chi connectivity index (χ4n) is 4.40. The highest BCUT2D eigenvalue weighted by atomic mass is 16.5. The van der Waals surface area contributed by atoms with Crippen molar-refractivity contribution in [3.05, 3.63) is 119 Å². The second-order valence-electron chi connectivity index (χ2n) is 9.66. The van der Waals surface area contributed by atoms with Crippen LogP contribution in [0.2, 0.25) is 0 Å². The van der Waals surface area contributed by atoms with Crippen molar-refractivity contribution in [1.29, 1.82) is 0 Å². The molecule has 46 heavy (non-hydrogen) atoms. The Kier molecular flexibility index (Phi) is 11.2. The van der Waals surface area contributed by atoms with Gasteiger partial charge in [0.2, 0.25) is 0 Å². The average Bonchev–Trinajstić information content (AvgIpc) is 3.10. The molecule has 0 saturated carbocycles. The van der Waals surface area contributed by atoms with Gasteiger partial charge in [0.05, 0.1) is 35.5 Å². The zero-order valence-electron chi connectivity index (χ0n) is 26.1. The first kappa shape index (κ1) is 32.9. The minimum absolute atomic E-state index is 0.0238. The van der Waals surface area contributed by atoms with Gasteiger partial charge in [0.1, 0.15) is 22.9 Å².